The minimum Gasteiger partial charge on any atom is -0.481 e. The lowest BCUT2D eigenvalue weighted by Gasteiger charge is -2.23. The van der Waals surface area contributed by atoms with Crippen LogP contribution in [-0.2, 0) is 9.59 Å². The number of amides is 1. The fraction of sp³-hybridized carbons (Fsp3) is 0.467. The summed E-state index contributed by atoms with van der Waals surface area (Å²) in [5, 5.41) is 18.0. The fourth-order valence-corrected chi connectivity index (χ4v) is 2.56. The lowest BCUT2D eigenvalue weighted by molar-refractivity contribution is -0.141. The van der Waals surface area contributed by atoms with E-state index < -0.39 is 11.9 Å². The molecule has 1 aliphatic rings. The molecule has 6 heteroatoms. The second-order valence-electron chi connectivity index (χ2n) is 5.06. The summed E-state index contributed by atoms with van der Waals surface area (Å²) in [5.74, 6) is -1.71. The summed E-state index contributed by atoms with van der Waals surface area (Å²) in [6, 6.07) is 7.40. The Kier molecular flexibility index (Phi) is 4.80. The lowest BCUT2D eigenvalue weighted by atomic mass is 10.1. The SMILES string of the molecule is CCN(CCO)c1ccc(N2C[C@H](C(=O)O)CC2=O)cc1. The van der Waals surface area contributed by atoms with Crippen LogP contribution in [0.1, 0.15) is 13.3 Å². The molecule has 0 aliphatic carbocycles. The van der Waals surface area contributed by atoms with Gasteiger partial charge in [-0.1, -0.05) is 0 Å². The number of likely N-dealkylation sites (N-methyl/N-ethyl adjacent to an activating group) is 1. The average molecular weight is 292 g/mol. The maximum Gasteiger partial charge on any atom is 0.308 e. The molecular formula is C15H20N2O4. The van der Waals surface area contributed by atoms with Gasteiger partial charge in [-0.3, -0.25) is 9.59 Å². The van der Waals surface area contributed by atoms with Gasteiger partial charge in [0.2, 0.25) is 5.91 Å². The quantitative estimate of drug-likeness (QED) is 0.815. The topological polar surface area (TPSA) is 81.1 Å². The van der Waals surface area contributed by atoms with Crippen molar-refractivity contribution in [2.75, 3.05) is 36.0 Å². The van der Waals surface area contributed by atoms with Crippen molar-refractivity contribution in [3.8, 4) is 0 Å². The van der Waals surface area contributed by atoms with E-state index >= 15 is 0 Å². The molecular weight excluding hydrogens is 272 g/mol. The Morgan fingerprint density at radius 2 is 2.05 bits per heavy atom. The van der Waals surface area contributed by atoms with Crippen LogP contribution >= 0.6 is 0 Å². The number of aliphatic hydroxyl groups is 1. The third-order valence-corrected chi connectivity index (χ3v) is 3.75. The minimum absolute atomic E-state index is 0.0582. The first-order valence-corrected chi connectivity index (χ1v) is 7.05. The first kappa shape index (κ1) is 15.3. The monoisotopic (exact) mass is 292 g/mol. The second kappa shape index (κ2) is 6.58. The van der Waals surface area contributed by atoms with Crippen molar-refractivity contribution in [1.29, 1.82) is 0 Å². The first-order valence-electron chi connectivity index (χ1n) is 7.05. The number of benzene rings is 1. The minimum atomic E-state index is -0.928. The molecule has 1 heterocycles. The largest absolute Gasteiger partial charge is 0.481 e. The summed E-state index contributed by atoms with van der Waals surface area (Å²) >= 11 is 0. The van der Waals surface area contributed by atoms with Crippen LogP contribution in [0.5, 0.6) is 0 Å². The predicted molar refractivity (Wildman–Crippen MR) is 79.5 cm³/mol. The third-order valence-electron chi connectivity index (χ3n) is 3.75. The van der Waals surface area contributed by atoms with E-state index in [1.807, 2.05) is 36.1 Å². The Hall–Kier alpha value is -2.08. The van der Waals surface area contributed by atoms with Crippen LogP contribution in [0.4, 0.5) is 11.4 Å². The Morgan fingerprint density at radius 1 is 1.38 bits per heavy atom. The van der Waals surface area contributed by atoms with E-state index in [1.54, 1.807) is 0 Å². The molecule has 1 aliphatic heterocycles. The van der Waals surface area contributed by atoms with Gasteiger partial charge in [-0.2, -0.15) is 0 Å². The highest BCUT2D eigenvalue weighted by Crippen LogP contribution is 2.27. The maximum absolute atomic E-state index is 11.9. The van der Waals surface area contributed by atoms with Gasteiger partial charge < -0.3 is 20.0 Å². The maximum atomic E-state index is 11.9. The third kappa shape index (κ3) is 3.33. The number of nitrogens with zero attached hydrogens (tertiary/aromatic N) is 2. The van der Waals surface area contributed by atoms with E-state index in [2.05, 4.69) is 0 Å². The molecule has 0 aromatic heterocycles. The van der Waals surface area contributed by atoms with Crippen molar-refractivity contribution in [3.63, 3.8) is 0 Å². The van der Waals surface area contributed by atoms with Crippen LogP contribution < -0.4 is 9.80 Å². The predicted octanol–water partition coefficient (Wildman–Crippen LogP) is 0.943. The smallest absolute Gasteiger partial charge is 0.308 e. The van der Waals surface area contributed by atoms with Gasteiger partial charge in [0, 0.05) is 37.4 Å². The zero-order chi connectivity index (χ0) is 15.4. The Bertz CT molecular complexity index is 515. The number of aliphatic carboxylic acids is 1. The van der Waals surface area contributed by atoms with Gasteiger partial charge in [0.25, 0.3) is 0 Å². The molecule has 6 nitrogen and oxygen atoms in total. The highest BCUT2D eigenvalue weighted by atomic mass is 16.4. The molecule has 1 aromatic carbocycles. The molecule has 0 unspecified atom stereocenters. The zero-order valence-electron chi connectivity index (χ0n) is 12.0. The van der Waals surface area contributed by atoms with E-state index in [4.69, 9.17) is 10.2 Å². The number of rotatable bonds is 6. The van der Waals surface area contributed by atoms with Crippen molar-refractivity contribution >= 4 is 23.3 Å². The molecule has 1 fully saturated rings. The van der Waals surface area contributed by atoms with E-state index in [0.717, 1.165) is 12.2 Å². The number of aliphatic hydroxyl groups excluding tert-OH is 1. The fourth-order valence-electron chi connectivity index (χ4n) is 2.56. The van der Waals surface area contributed by atoms with Gasteiger partial charge in [0.05, 0.1) is 12.5 Å². The van der Waals surface area contributed by atoms with E-state index in [9.17, 15) is 9.59 Å². The van der Waals surface area contributed by atoms with Crippen molar-refractivity contribution in [2.24, 2.45) is 5.92 Å². The van der Waals surface area contributed by atoms with Gasteiger partial charge in [-0.25, -0.2) is 0 Å². The molecule has 21 heavy (non-hydrogen) atoms. The summed E-state index contributed by atoms with van der Waals surface area (Å²) in [6.07, 6.45) is 0.0582. The Balaban J connectivity index is 2.12. The summed E-state index contributed by atoms with van der Waals surface area (Å²) in [4.78, 5) is 26.4. The van der Waals surface area contributed by atoms with Crippen LogP contribution in [0, 0.1) is 5.92 Å². The number of carboxylic acids is 1. The normalized spacial score (nSPS) is 18.1. The van der Waals surface area contributed by atoms with Gasteiger partial charge in [0.15, 0.2) is 0 Å². The van der Waals surface area contributed by atoms with E-state index in [1.165, 1.54) is 4.90 Å². The standard InChI is InChI=1S/C15H20N2O4/c1-2-16(7-8-18)12-3-5-13(6-4-12)17-10-11(15(20)21)9-14(17)19/h3-6,11,18H,2,7-10H2,1H3,(H,20,21)/t11-/m1/s1. The Morgan fingerprint density at radius 3 is 2.52 bits per heavy atom. The van der Waals surface area contributed by atoms with Crippen LogP contribution in [0.25, 0.3) is 0 Å². The zero-order valence-corrected chi connectivity index (χ0v) is 12.0. The Labute approximate surface area is 123 Å². The van der Waals surface area contributed by atoms with Crippen LogP contribution in [0.15, 0.2) is 24.3 Å². The number of anilines is 2. The van der Waals surface area contributed by atoms with E-state index in [0.29, 0.717) is 12.2 Å². The molecule has 0 bridgehead atoms. The van der Waals surface area contributed by atoms with Gasteiger partial charge in [-0.15, -0.1) is 0 Å². The second-order valence-corrected chi connectivity index (χ2v) is 5.06. The molecule has 114 valence electrons. The number of hydrogen-bond donors (Lipinski definition) is 2. The average Bonchev–Trinajstić information content (AvgIpc) is 2.87. The highest BCUT2D eigenvalue weighted by Gasteiger charge is 2.34. The molecule has 1 atom stereocenters. The summed E-state index contributed by atoms with van der Waals surface area (Å²) in [5.41, 5.74) is 1.68. The summed E-state index contributed by atoms with van der Waals surface area (Å²) in [7, 11) is 0. The molecule has 1 aromatic rings. The van der Waals surface area contributed by atoms with Crippen molar-refractivity contribution in [3.05, 3.63) is 24.3 Å². The summed E-state index contributed by atoms with van der Waals surface area (Å²) < 4.78 is 0. The van der Waals surface area contributed by atoms with Gasteiger partial charge in [0.1, 0.15) is 0 Å². The molecule has 1 amide bonds. The van der Waals surface area contributed by atoms with E-state index in [-0.39, 0.29) is 25.5 Å². The van der Waals surface area contributed by atoms with Crippen LogP contribution in [0.3, 0.4) is 0 Å². The van der Waals surface area contributed by atoms with Crippen molar-refractivity contribution < 1.29 is 19.8 Å². The first-order chi connectivity index (χ1) is 10.1. The molecule has 2 N–H and O–H groups in total. The molecule has 0 radical (unpaired) electrons. The van der Waals surface area contributed by atoms with Crippen molar-refractivity contribution in [2.45, 2.75) is 13.3 Å². The highest BCUT2D eigenvalue weighted by molar-refractivity contribution is 5.99. The molecule has 0 spiro atoms. The number of carbonyl (C=O) groups is 2. The lowest BCUT2D eigenvalue weighted by Crippen LogP contribution is -2.27. The summed E-state index contributed by atoms with van der Waals surface area (Å²) in [6.45, 7) is 3.65. The number of hydrogen-bond acceptors (Lipinski definition) is 4. The van der Waals surface area contributed by atoms with Crippen LogP contribution in [0.2, 0.25) is 0 Å². The molecule has 0 saturated carbocycles. The molecule has 1 saturated heterocycles. The van der Waals surface area contributed by atoms with Gasteiger partial charge >= 0.3 is 5.97 Å². The van der Waals surface area contributed by atoms with Gasteiger partial charge in [-0.05, 0) is 31.2 Å². The number of carbonyl (C=O) groups excluding carboxylic acids is 1. The number of carboxylic acid groups (broad SMARTS) is 1. The van der Waals surface area contributed by atoms with Crippen LogP contribution in [-0.4, -0.2) is 48.3 Å². The van der Waals surface area contributed by atoms with Crippen molar-refractivity contribution in [1.82, 2.24) is 0 Å². The molecule has 2 rings (SSSR count).